The normalized spacial score (nSPS) is 20.0. The number of nitrogens with zero attached hydrogens (tertiary/aromatic N) is 4. The van der Waals surface area contributed by atoms with Crippen molar-refractivity contribution in [2.75, 3.05) is 45.7 Å². The number of amides is 3. The van der Waals surface area contributed by atoms with Crippen LogP contribution in [-0.2, 0) is 4.74 Å². The van der Waals surface area contributed by atoms with Crippen LogP contribution in [-0.4, -0.2) is 90.0 Å². The van der Waals surface area contributed by atoms with Gasteiger partial charge >= 0.3 is 6.03 Å². The number of halogens is 2. The lowest BCUT2D eigenvalue weighted by Gasteiger charge is -2.31. The topological polar surface area (TPSA) is 104 Å². The molecular weight excluding hydrogens is 652 g/mol. The lowest BCUT2D eigenvalue weighted by Crippen LogP contribution is -2.44. The monoisotopic (exact) mass is 699 g/mol. The minimum atomic E-state index is -0.930. The second-order valence-electron chi connectivity index (χ2n) is 13.5. The molecule has 1 aromatic heterocycles. The number of methoxy groups -OCH3 is 1. The molecule has 4 aromatic rings. The number of urea groups is 1. The predicted octanol–water partition coefficient (Wildman–Crippen LogP) is 6.31. The molecule has 0 unspecified atom stereocenters. The summed E-state index contributed by atoms with van der Waals surface area (Å²) >= 11 is 0. The summed E-state index contributed by atoms with van der Waals surface area (Å²) in [5.74, 6) is -1.45. The van der Waals surface area contributed by atoms with Crippen LogP contribution in [0.4, 0.5) is 19.4 Å². The fraction of sp³-hybridized carbons (Fsp3) is 0.410. The number of anilines is 1. The smallest absolute Gasteiger partial charge is 0.320 e. The number of piperidine rings is 1. The molecule has 12 heteroatoms. The molecule has 2 aliphatic rings. The maximum Gasteiger partial charge on any atom is 0.320 e. The van der Waals surface area contributed by atoms with E-state index in [2.05, 4.69) is 32.7 Å². The molecule has 2 aliphatic heterocycles. The summed E-state index contributed by atoms with van der Waals surface area (Å²) in [4.78, 5) is 31.4. The summed E-state index contributed by atoms with van der Waals surface area (Å²) in [6.07, 6.45) is 3.19. The van der Waals surface area contributed by atoms with E-state index in [1.807, 2.05) is 68.6 Å². The van der Waals surface area contributed by atoms with Crippen molar-refractivity contribution >= 4 is 17.8 Å². The highest BCUT2D eigenvalue weighted by molar-refractivity contribution is 5.95. The van der Waals surface area contributed by atoms with Gasteiger partial charge in [-0.2, -0.15) is 5.10 Å². The van der Waals surface area contributed by atoms with Crippen LogP contribution < -0.4 is 16.0 Å². The number of hydrogen-bond acceptors (Lipinski definition) is 6. The highest BCUT2D eigenvalue weighted by Gasteiger charge is 2.41. The van der Waals surface area contributed by atoms with E-state index in [4.69, 9.17) is 9.84 Å². The second kappa shape index (κ2) is 16.1. The van der Waals surface area contributed by atoms with Crippen molar-refractivity contribution in [3.8, 4) is 16.9 Å². The Balaban J connectivity index is 1.22. The molecule has 3 N–H and O–H groups in total. The van der Waals surface area contributed by atoms with Gasteiger partial charge in [0.1, 0.15) is 5.82 Å². The van der Waals surface area contributed by atoms with E-state index < -0.39 is 23.7 Å². The fourth-order valence-corrected chi connectivity index (χ4v) is 7.40. The zero-order valence-corrected chi connectivity index (χ0v) is 29.7. The molecule has 3 atom stereocenters. The van der Waals surface area contributed by atoms with Gasteiger partial charge in [0.15, 0.2) is 11.6 Å². The maximum absolute atomic E-state index is 14.4. The number of rotatable bonds is 11. The SMILES string of the molecule is CCN1CCC(NC(=O)c2ccc(-c3nn(-c4ccccc4)c(NC(=O)N[C@@H]4C[C@@H](CCOC)N(C)[C@H]4c4ccc(F)c(F)c4)c3C)cc2)CC1. The maximum atomic E-state index is 14.4. The summed E-state index contributed by atoms with van der Waals surface area (Å²) in [6.45, 7) is 7.58. The first-order valence-corrected chi connectivity index (χ1v) is 17.7. The van der Waals surface area contributed by atoms with Gasteiger partial charge in [-0.05, 0) is 88.2 Å². The summed E-state index contributed by atoms with van der Waals surface area (Å²) in [5, 5.41) is 14.3. The third-order valence-electron chi connectivity index (χ3n) is 10.3. The van der Waals surface area contributed by atoms with Crippen LogP contribution in [0.2, 0.25) is 0 Å². The molecule has 0 saturated carbocycles. The van der Waals surface area contributed by atoms with Crippen molar-refractivity contribution in [1.82, 2.24) is 30.2 Å². The van der Waals surface area contributed by atoms with E-state index in [1.54, 1.807) is 17.9 Å². The van der Waals surface area contributed by atoms with Crippen molar-refractivity contribution in [1.29, 1.82) is 0 Å². The predicted molar refractivity (Wildman–Crippen MR) is 194 cm³/mol. The first-order chi connectivity index (χ1) is 24.7. The molecule has 0 spiro atoms. The Labute approximate surface area is 298 Å². The molecule has 3 heterocycles. The Bertz CT molecular complexity index is 1810. The third kappa shape index (κ3) is 8.14. The molecule has 0 radical (unpaired) electrons. The van der Waals surface area contributed by atoms with Crippen LogP contribution >= 0.6 is 0 Å². The number of carbonyl (C=O) groups is 2. The molecule has 270 valence electrons. The van der Waals surface area contributed by atoms with Gasteiger partial charge < -0.3 is 20.3 Å². The molecule has 2 saturated heterocycles. The Morgan fingerprint density at radius 3 is 2.35 bits per heavy atom. The number of nitrogens with one attached hydrogen (secondary N) is 3. The summed E-state index contributed by atoms with van der Waals surface area (Å²) in [5.41, 5.74) is 4.12. The molecule has 51 heavy (non-hydrogen) atoms. The molecule has 3 aromatic carbocycles. The van der Waals surface area contributed by atoms with E-state index >= 15 is 0 Å². The Kier molecular flexibility index (Phi) is 11.4. The van der Waals surface area contributed by atoms with Gasteiger partial charge in [0.2, 0.25) is 0 Å². The molecule has 3 amide bonds. The molecule has 10 nitrogen and oxygen atoms in total. The van der Waals surface area contributed by atoms with Crippen LogP contribution in [0, 0.1) is 18.6 Å². The summed E-state index contributed by atoms with van der Waals surface area (Å²) in [7, 11) is 3.57. The minimum Gasteiger partial charge on any atom is -0.385 e. The Hall–Kier alpha value is -4.65. The first kappa shape index (κ1) is 36.2. The average Bonchev–Trinajstić information content (AvgIpc) is 3.63. The van der Waals surface area contributed by atoms with Gasteiger partial charge in [-0.25, -0.2) is 18.3 Å². The van der Waals surface area contributed by atoms with Crippen molar-refractivity contribution in [3.63, 3.8) is 0 Å². The van der Waals surface area contributed by atoms with E-state index in [0.29, 0.717) is 35.7 Å². The van der Waals surface area contributed by atoms with Crippen molar-refractivity contribution in [2.24, 2.45) is 0 Å². The second-order valence-corrected chi connectivity index (χ2v) is 13.5. The van der Waals surface area contributed by atoms with Crippen LogP contribution in [0.1, 0.15) is 60.1 Å². The minimum absolute atomic E-state index is 0.0516. The Morgan fingerprint density at radius 2 is 1.69 bits per heavy atom. The largest absolute Gasteiger partial charge is 0.385 e. The van der Waals surface area contributed by atoms with E-state index in [0.717, 1.165) is 61.8 Å². The number of para-hydroxylation sites is 1. The third-order valence-corrected chi connectivity index (χ3v) is 10.3. The van der Waals surface area contributed by atoms with Crippen molar-refractivity contribution in [2.45, 2.75) is 63.7 Å². The number of likely N-dealkylation sites (N-methyl/N-ethyl adjacent to an activating group) is 1. The van der Waals surface area contributed by atoms with Crippen LogP contribution in [0.15, 0.2) is 72.8 Å². The van der Waals surface area contributed by atoms with Gasteiger partial charge in [0.25, 0.3) is 5.91 Å². The van der Waals surface area contributed by atoms with Gasteiger partial charge in [0.05, 0.1) is 23.5 Å². The molecule has 2 fully saturated rings. The highest BCUT2D eigenvalue weighted by atomic mass is 19.2. The molecule has 6 rings (SSSR count). The first-order valence-electron chi connectivity index (χ1n) is 17.7. The fourth-order valence-electron chi connectivity index (χ4n) is 7.40. The number of ether oxygens (including phenoxy) is 1. The zero-order valence-electron chi connectivity index (χ0n) is 29.7. The number of aromatic nitrogens is 2. The molecular formula is C39H47F2N7O3. The number of likely N-dealkylation sites (tertiary alicyclic amines) is 2. The van der Waals surface area contributed by atoms with Crippen LogP contribution in [0.5, 0.6) is 0 Å². The average molecular weight is 700 g/mol. The lowest BCUT2D eigenvalue weighted by atomic mass is 9.99. The summed E-state index contributed by atoms with van der Waals surface area (Å²) < 4.78 is 35.2. The van der Waals surface area contributed by atoms with Gasteiger partial charge in [-0.1, -0.05) is 43.3 Å². The van der Waals surface area contributed by atoms with Crippen molar-refractivity contribution in [3.05, 3.63) is 101 Å². The number of carbonyl (C=O) groups excluding carboxylic acids is 2. The quantitative estimate of drug-likeness (QED) is 0.170. The molecule has 0 bridgehead atoms. The van der Waals surface area contributed by atoms with E-state index in [9.17, 15) is 18.4 Å². The van der Waals surface area contributed by atoms with Gasteiger partial charge in [0, 0.05) is 55.6 Å². The zero-order chi connectivity index (χ0) is 36.1. The van der Waals surface area contributed by atoms with Crippen molar-refractivity contribution < 1.29 is 23.1 Å². The highest BCUT2D eigenvalue weighted by Crippen LogP contribution is 2.37. The lowest BCUT2D eigenvalue weighted by molar-refractivity contribution is 0.0912. The Morgan fingerprint density at radius 1 is 0.961 bits per heavy atom. The molecule has 0 aliphatic carbocycles. The summed E-state index contributed by atoms with van der Waals surface area (Å²) in [6, 6.07) is 19.8. The van der Waals surface area contributed by atoms with Crippen LogP contribution in [0.3, 0.4) is 0 Å². The number of benzene rings is 3. The number of hydrogen-bond donors (Lipinski definition) is 3. The van der Waals surface area contributed by atoms with Crippen LogP contribution in [0.25, 0.3) is 16.9 Å². The van der Waals surface area contributed by atoms with Gasteiger partial charge in [-0.3, -0.25) is 15.0 Å². The van der Waals surface area contributed by atoms with Gasteiger partial charge in [-0.15, -0.1) is 0 Å². The van der Waals surface area contributed by atoms with E-state index in [-0.39, 0.29) is 24.0 Å². The van der Waals surface area contributed by atoms with E-state index in [1.165, 1.54) is 6.07 Å². The standard InChI is InChI=1S/C39H47F2N7O3/c1-5-47-20-17-29(18-21-47)42-38(49)27-13-11-26(12-14-27)35-25(2)37(48(45-35)30-9-7-6-8-10-30)44-39(50)43-34-24-31(19-22-51-4)46(3)36(34)28-15-16-32(40)33(41)23-28/h6-16,23,29,31,34,36H,5,17-22,24H2,1-4H3,(H,42,49)(H2,43,44,50)/t31-,34-,36+/m1/s1.